The van der Waals surface area contributed by atoms with Gasteiger partial charge >= 0.3 is 0 Å². The van der Waals surface area contributed by atoms with Crippen LogP contribution in [0.2, 0.25) is 0 Å². The number of unbranched alkanes of at least 4 members (excludes halogenated alkanes) is 5. The van der Waals surface area contributed by atoms with Crippen molar-refractivity contribution in [2.75, 3.05) is 0 Å². The van der Waals surface area contributed by atoms with E-state index in [1.807, 2.05) is 12.1 Å². The molecule has 0 atom stereocenters. The summed E-state index contributed by atoms with van der Waals surface area (Å²) in [5.74, 6) is 0.324. The molecular weight excluding hydrogens is 258 g/mol. The van der Waals surface area contributed by atoms with Gasteiger partial charge in [-0.2, -0.15) is 0 Å². The minimum Gasteiger partial charge on any atom is -0.508 e. The van der Waals surface area contributed by atoms with Crippen molar-refractivity contribution >= 4 is 0 Å². The number of hydrogen-bond donors (Lipinski definition) is 1. The van der Waals surface area contributed by atoms with E-state index in [1.54, 1.807) is 12.1 Å². The highest BCUT2D eigenvalue weighted by Gasteiger charge is 2.07. The average Bonchev–Trinajstić information content (AvgIpc) is 2.85. The predicted octanol–water partition coefficient (Wildman–Crippen LogP) is 5.53. The van der Waals surface area contributed by atoms with Crippen LogP contribution in [0.5, 0.6) is 5.75 Å². The first-order valence-corrected chi connectivity index (χ1v) is 8.18. The fourth-order valence-corrected chi connectivity index (χ4v) is 2.80. The van der Waals surface area contributed by atoms with Crippen LogP contribution in [0.15, 0.2) is 36.4 Å². The molecule has 0 aliphatic rings. The zero-order valence-corrected chi connectivity index (χ0v) is 13.3. The highest BCUT2D eigenvalue weighted by atomic mass is 16.3. The molecule has 0 aliphatic heterocycles. The molecule has 1 heterocycles. The van der Waals surface area contributed by atoms with Gasteiger partial charge in [0.25, 0.3) is 0 Å². The highest BCUT2D eigenvalue weighted by Crippen LogP contribution is 2.25. The molecule has 0 saturated carbocycles. The highest BCUT2D eigenvalue weighted by molar-refractivity contribution is 5.61. The fourth-order valence-electron chi connectivity index (χ4n) is 2.80. The molecule has 0 radical (unpaired) electrons. The smallest absolute Gasteiger partial charge is 0.115 e. The van der Waals surface area contributed by atoms with Gasteiger partial charge in [-0.05, 0) is 55.3 Å². The molecule has 114 valence electrons. The number of hydrogen-bond acceptors (Lipinski definition) is 1. The van der Waals surface area contributed by atoms with Crippen LogP contribution in [0.3, 0.4) is 0 Å². The van der Waals surface area contributed by atoms with Crippen LogP contribution in [0.25, 0.3) is 11.3 Å². The molecule has 2 aromatic rings. The Balaban J connectivity index is 1.96. The van der Waals surface area contributed by atoms with E-state index in [0.717, 1.165) is 6.54 Å². The lowest BCUT2D eigenvalue weighted by Crippen LogP contribution is -2.02. The summed E-state index contributed by atoms with van der Waals surface area (Å²) in [5, 5.41) is 9.42. The molecule has 0 aliphatic carbocycles. The Labute approximate surface area is 128 Å². The third-order valence-corrected chi connectivity index (χ3v) is 4.10. The zero-order chi connectivity index (χ0) is 15.1. The normalized spacial score (nSPS) is 11.0. The van der Waals surface area contributed by atoms with Crippen molar-refractivity contribution in [1.82, 2.24) is 4.57 Å². The van der Waals surface area contributed by atoms with Gasteiger partial charge in [-0.25, -0.2) is 0 Å². The van der Waals surface area contributed by atoms with Crippen LogP contribution in [0, 0.1) is 6.92 Å². The molecule has 2 nitrogen and oxygen atoms in total. The number of phenols is 1. The molecule has 1 aromatic heterocycles. The Morgan fingerprint density at radius 2 is 1.52 bits per heavy atom. The van der Waals surface area contributed by atoms with Crippen molar-refractivity contribution < 1.29 is 5.11 Å². The number of aromatic nitrogens is 1. The first-order chi connectivity index (χ1) is 10.2. The van der Waals surface area contributed by atoms with E-state index >= 15 is 0 Å². The molecule has 0 saturated heterocycles. The van der Waals surface area contributed by atoms with Crippen molar-refractivity contribution in [3.05, 3.63) is 42.1 Å². The van der Waals surface area contributed by atoms with Gasteiger partial charge in [0.05, 0.1) is 0 Å². The summed E-state index contributed by atoms with van der Waals surface area (Å²) < 4.78 is 2.40. The summed E-state index contributed by atoms with van der Waals surface area (Å²) in [6.45, 7) is 5.51. The van der Waals surface area contributed by atoms with Crippen LogP contribution in [-0.4, -0.2) is 9.67 Å². The van der Waals surface area contributed by atoms with Crippen LogP contribution in [0.1, 0.15) is 51.1 Å². The third-order valence-electron chi connectivity index (χ3n) is 4.10. The quantitative estimate of drug-likeness (QED) is 0.634. The van der Waals surface area contributed by atoms with Crippen LogP contribution in [0.4, 0.5) is 0 Å². The van der Waals surface area contributed by atoms with Gasteiger partial charge in [0, 0.05) is 17.9 Å². The molecule has 0 fully saturated rings. The van der Waals surface area contributed by atoms with Gasteiger partial charge in [-0.3, -0.25) is 0 Å². The van der Waals surface area contributed by atoms with Gasteiger partial charge in [-0.15, -0.1) is 0 Å². The summed E-state index contributed by atoms with van der Waals surface area (Å²) in [6.07, 6.45) is 7.94. The monoisotopic (exact) mass is 285 g/mol. The van der Waals surface area contributed by atoms with Crippen molar-refractivity contribution in [2.24, 2.45) is 0 Å². The molecule has 2 heteroatoms. The van der Waals surface area contributed by atoms with E-state index in [9.17, 15) is 5.11 Å². The van der Waals surface area contributed by atoms with E-state index in [1.165, 1.54) is 55.5 Å². The lowest BCUT2D eigenvalue weighted by molar-refractivity contribution is 0.475. The first-order valence-electron chi connectivity index (χ1n) is 8.18. The standard InChI is InChI=1S/C19H27NO/c1-3-4-5-6-7-8-15-20-16(2)9-14-19(20)17-10-12-18(21)13-11-17/h9-14,21H,3-8,15H2,1-2H3. The number of aryl methyl sites for hydroxylation is 1. The topological polar surface area (TPSA) is 25.2 Å². The number of benzene rings is 1. The maximum atomic E-state index is 9.42. The van der Waals surface area contributed by atoms with Crippen molar-refractivity contribution in [2.45, 2.75) is 58.9 Å². The zero-order valence-electron chi connectivity index (χ0n) is 13.3. The van der Waals surface area contributed by atoms with Crippen LogP contribution >= 0.6 is 0 Å². The Kier molecular flexibility index (Phi) is 5.91. The van der Waals surface area contributed by atoms with Gasteiger partial charge < -0.3 is 9.67 Å². The molecule has 0 amide bonds. The van der Waals surface area contributed by atoms with Crippen LogP contribution in [-0.2, 0) is 6.54 Å². The molecule has 0 unspecified atom stereocenters. The Bertz CT molecular complexity index is 539. The fraction of sp³-hybridized carbons (Fsp3) is 0.474. The number of rotatable bonds is 8. The summed E-state index contributed by atoms with van der Waals surface area (Å²) >= 11 is 0. The van der Waals surface area contributed by atoms with E-state index in [0.29, 0.717) is 5.75 Å². The minimum atomic E-state index is 0.324. The van der Waals surface area contributed by atoms with E-state index in [2.05, 4.69) is 30.5 Å². The van der Waals surface area contributed by atoms with Crippen molar-refractivity contribution in [1.29, 1.82) is 0 Å². The Morgan fingerprint density at radius 1 is 0.857 bits per heavy atom. The second kappa shape index (κ2) is 7.92. The van der Waals surface area contributed by atoms with Gasteiger partial charge in [0.1, 0.15) is 5.75 Å². The lowest BCUT2D eigenvalue weighted by atomic mass is 10.1. The maximum absolute atomic E-state index is 9.42. The molecule has 2 rings (SSSR count). The first kappa shape index (κ1) is 15.7. The third kappa shape index (κ3) is 4.38. The van der Waals surface area contributed by atoms with Gasteiger partial charge in [-0.1, -0.05) is 39.0 Å². The summed E-state index contributed by atoms with van der Waals surface area (Å²) in [4.78, 5) is 0. The van der Waals surface area contributed by atoms with E-state index in [4.69, 9.17) is 0 Å². The Hall–Kier alpha value is -1.70. The van der Waals surface area contributed by atoms with Crippen LogP contribution < -0.4 is 0 Å². The molecule has 1 aromatic carbocycles. The summed E-state index contributed by atoms with van der Waals surface area (Å²) in [7, 11) is 0. The molecule has 0 spiro atoms. The molecule has 1 N–H and O–H groups in total. The minimum absolute atomic E-state index is 0.324. The largest absolute Gasteiger partial charge is 0.508 e. The number of phenolic OH excluding ortho intramolecular Hbond substituents is 1. The SMILES string of the molecule is CCCCCCCCn1c(C)ccc1-c1ccc(O)cc1. The molecular formula is C19H27NO. The second-order valence-corrected chi connectivity index (χ2v) is 5.83. The van der Waals surface area contributed by atoms with E-state index in [-0.39, 0.29) is 0 Å². The van der Waals surface area contributed by atoms with Gasteiger partial charge in [0.2, 0.25) is 0 Å². The second-order valence-electron chi connectivity index (χ2n) is 5.83. The molecule has 21 heavy (non-hydrogen) atoms. The molecule has 0 bridgehead atoms. The average molecular weight is 285 g/mol. The number of aromatic hydroxyl groups is 1. The van der Waals surface area contributed by atoms with E-state index < -0.39 is 0 Å². The lowest BCUT2D eigenvalue weighted by Gasteiger charge is -2.12. The van der Waals surface area contributed by atoms with Crippen molar-refractivity contribution in [3.63, 3.8) is 0 Å². The summed E-state index contributed by atoms with van der Waals surface area (Å²) in [5.41, 5.74) is 3.74. The van der Waals surface area contributed by atoms with Crippen molar-refractivity contribution in [3.8, 4) is 17.0 Å². The number of nitrogens with zero attached hydrogens (tertiary/aromatic N) is 1. The predicted molar refractivity (Wildman–Crippen MR) is 89.6 cm³/mol. The Morgan fingerprint density at radius 3 is 2.24 bits per heavy atom. The summed E-state index contributed by atoms with van der Waals surface area (Å²) in [6, 6.07) is 11.8. The van der Waals surface area contributed by atoms with Gasteiger partial charge in [0.15, 0.2) is 0 Å². The maximum Gasteiger partial charge on any atom is 0.115 e.